The summed E-state index contributed by atoms with van der Waals surface area (Å²) in [7, 11) is 0. The van der Waals surface area contributed by atoms with Crippen molar-refractivity contribution in [3.8, 4) is 0 Å². The van der Waals surface area contributed by atoms with Gasteiger partial charge in [-0.15, -0.1) is 11.3 Å². The fraction of sp³-hybridized carbons (Fsp3) is 0.304. The summed E-state index contributed by atoms with van der Waals surface area (Å²) >= 11 is 1.51. The number of aromatic nitrogens is 3. The molecule has 0 radical (unpaired) electrons. The van der Waals surface area contributed by atoms with Crippen molar-refractivity contribution in [2.24, 2.45) is 0 Å². The lowest BCUT2D eigenvalue weighted by Crippen LogP contribution is -2.50. The molecular weight excluding hydrogens is 410 g/mol. The van der Waals surface area contributed by atoms with Gasteiger partial charge in [-0.05, 0) is 18.6 Å². The molecule has 1 aromatic carbocycles. The maximum absolute atomic E-state index is 12.5. The van der Waals surface area contributed by atoms with Gasteiger partial charge in [0, 0.05) is 55.1 Å². The molecule has 0 bridgehead atoms. The molecular formula is C23H25N5O2S. The summed E-state index contributed by atoms with van der Waals surface area (Å²) in [5, 5.41) is 7.16. The van der Waals surface area contributed by atoms with E-state index in [-0.39, 0.29) is 11.8 Å². The first-order valence-electron chi connectivity index (χ1n) is 10.3. The molecule has 4 rings (SSSR count). The topological polar surface area (TPSA) is 71.3 Å². The van der Waals surface area contributed by atoms with Crippen LogP contribution in [0.4, 0.5) is 0 Å². The first-order chi connectivity index (χ1) is 15.1. The Morgan fingerprint density at radius 1 is 1.10 bits per heavy atom. The van der Waals surface area contributed by atoms with Crippen LogP contribution in [-0.4, -0.2) is 62.6 Å². The van der Waals surface area contributed by atoms with Crippen LogP contribution in [-0.2, 0) is 22.6 Å². The van der Waals surface area contributed by atoms with E-state index in [1.807, 2.05) is 46.3 Å². The fourth-order valence-electron chi connectivity index (χ4n) is 3.50. The predicted octanol–water partition coefficient (Wildman–Crippen LogP) is 2.62. The van der Waals surface area contributed by atoms with Gasteiger partial charge in [-0.3, -0.25) is 14.3 Å². The highest BCUT2D eigenvalue weighted by molar-refractivity contribution is 7.09. The lowest BCUT2D eigenvalue weighted by molar-refractivity contribution is -0.136. The molecule has 1 fully saturated rings. The van der Waals surface area contributed by atoms with E-state index in [9.17, 15) is 9.59 Å². The normalized spacial score (nSPS) is 14.4. The third kappa shape index (κ3) is 5.67. The highest BCUT2D eigenvalue weighted by Gasteiger charge is 2.23. The van der Waals surface area contributed by atoms with Crippen molar-refractivity contribution in [1.29, 1.82) is 0 Å². The molecule has 0 saturated carbocycles. The first kappa shape index (κ1) is 21.0. The van der Waals surface area contributed by atoms with E-state index < -0.39 is 0 Å². The van der Waals surface area contributed by atoms with Gasteiger partial charge >= 0.3 is 0 Å². The lowest BCUT2D eigenvalue weighted by Gasteiger charge is -2.34. The second-order valence-electron chi connectivity index (χ2n) is 7.56. The standard InChI is InChI=1S/C23H25N5O2S/c1-18-17-31-21(25-18)13-23(30)27-11-9-26(10-12-27)22(29)8-7-20-14-24-28(16-20)15-19-5-3-2-4-6-19/h2-8,14,16-17H,9-13,15H2,1H3. The van der Waals surface area contributed by atoms with Gasteiger partial charge in [-0.2, -0.15) is 5.10 Å². The number of carbonyl (C=O) groups is 2. The van der Waals surface area contributed by atoms with Crippen molar-refractivity contribution in [1.82, 2.24) is 24.6 Å². The minimum absolute atomic E-state index is 0.0431. The number of nitrogens with zero attached hydrogens (tertiary/aromatic N) is 5. The smallest absolute Gasteiger partial charge is 0.246 e. The van der Waals surface area contributed by atoms with Crippen LogP contribution in [0.2, 0.25) is 0 Å². The number of hydrogen-bond acceptors (Lipinski definition) is 5. The molecule has 160 valence electrons. The Balaban J connectivity index is 1.25. The van der Waals surface area contributed by atoms with E-state index in [0.29, 0.717) is 39.1 Å². The molecule has 8 heteroatoms. The van der Waals surface area contributed by atoms with Crippen molar-refractivity contribution >= 4 is 29.2 Å². The van der Waals surface area contributed by atoms with Crippen LogP contribution in [0.25, 0.3) is 6.08 Å². The minimum Gasteiger partial charge on any atom is -0.339 e. The second-order valence-corrected chi connectivity index (χ2v) is 8.50. The highest BCUT2D eigenvalue weighted by atomic mass is 32.1. The Hall–Kier alpha value is -3.26. The number of aryl methyl sites for hydroxylation is 1. The number of hydrogen-bond donors (Lipinski definition) is 0. The highest BCUT2D eigenvalue weighted by Crippen LogP contribution is 2.12. The summed E-state index contributed by atoms with van der Waals surface area (Å²) in [6.45, 7) is 4.81. The molecule has 1 aliphatic heterocycles. The maximum atomic E-state index is 12.5. The Labute approximate surface area is 185 Å². The van der Waals surface area contributed by atoms with Crippen LogP contribution in [0.5, 0.6) is 0 Å². The quantitative estimate of drug-likeness (QED) is 0.558. The van der Waals surface area contributed by atoms with Crippen molar-refractivity contribution in [2.45, 2.75) is 19.9 Å². The molecule has 31 heavy (non-hydrogen) atoms. The first-order valence-corrected chi connectivity index (χ1v) is 11.2. The van der Waals surface area contributed by atoms with Crippen LogP contribution >= 0.6 is 11.3 Å². The van der Waals surface area contributed by atoms with Crippen molar-refractivity contribution in [3.63, 3.8) is 0 Å². The zero-order chi connectivity index (χ0) is 21.6. The summed E-state index contributed by atoms with van der Waals surface area (Å²) < 4.78 is 1.85. The van der Waals surface area contributed by atoms with Crippen molar-refractivity contribution < 1.29 is 9.59 Å². The van der Waals surface area contributed by atoms with E-state index >= 15 is 0 Å². The van der Waals surface area contributed by atoms with Crippen molar-refractivity contribution in [3.05, 3.63) is 76.0 Å². The third-order valence-corrected chi connectivity index (χ3v) is 6.14. The van der Waals surface area contributed by atoms with Gasteiger partial charge in [0.2, 0.25) is 11.8 Å². The number of rotatable bonds is 6. The van der Waals surface area contributed by atoms with Crippen molar-refractivity contribution in [2.75, 3.05) is 26.2 Å². The third-order valence-electron chi connectivity index (χ3n) is 5.17. The lowest BCUT2D eigenvalue weighted by atomic mass is 10.2. The minimum atomic E-state index is -0.0431. The van der Waals surface area contributed by atoms with E-state index in [1.54, 1.807) is 23.2 Å². The summed E-state index contributed by atoms with van der Waals surface area (Å²) in [4.78, 5) is 33.0. The average molecular weight is 436 g/mol. The van der Waals surface area contributed by atoms with Gasteiger partial charge in [0.05, 0.1) is 19.2 Å². The van der Waals surface area contributed by atoms with Gasteiger partial charge in [-0.1, -0.05) is 30.3 Å². The molecule has 7 nitrogen and oxygen atoms in total. The molecule has 0 N–H and O–H groups in total. The number of carbonyl (C=O) groups excluding carboxylic acids is 2. The monoisotopic (exact) mass is 435 g/mol. The Bertz CT molecular complexity index is 1060. The second kappa shape index (κ2) is 9.70. The Morgan fingerprint density at radius 3 is 2.55 bits per heavy atom. The molecule has 2 aromatic heterocycles. The Morgan fingerprint density at radius 2 is 1.84 bits per heavy atom. The largest absolute Gasteiger partial charge is 0.339 e. The number of amides is 2. The molecule has 2 amide bonds. The summed E-state index contributed by atoms with van der Waals surface area (Å²) in [5.41, 5.74) is 3.01. The molecule has 0 unspecified atom stereocenters. The average Bonchev–Trinajstić information content (AvgIpc) is 3.41. The van der Waals surface area contributed by atoms with Crippen LogP contribution < -0.4 is 0 Å². The molecule has 0 spiro atoms. The SMILES string of the molecule is Cc1csc(CC(=O)N2CCN(C(=O)C=Cc3cnn(Cc4ccccc4)c3)CC2)n1. The number of benzene rings is 1. The summed E-state index contributed by atoms with van der Waals surface area (Å²) in [6, 6.07) is 10.1. The van der Waals surface area contributed by atoms with Crippen LogP contribution in [0.3, 0.4) is 0 Å². The summed E-state index contributed by atoms with van der Waals surface area (Å²) in [6.07, 6.45) is 7.38. The Kier molecular flexibility index (Phi) is 6.57. The molecule has 1 aliphatic rings. The van der Waals surface area contributed by atoms with E-state index in [2.05, 4.69) is 22.2 Å². The molecule has 3 heterocycles. The van der Waals surface area contributed by atoms with Gasteiger partial charge in [0.1, 0.15) is 5.01 Å². The van der Waals surface area contributed by atoms with Gasteiger partial charge in [-0.25, -0.2) is 4.98 Å². The van der Waals surface area contributed by atoms with Crippen LogP contribution in [0.1, 0.15) is 21.8 Å². The van der Waals surface area contributed by atoms with E-state index in [0.717, 1.165) is 16.3 Å². The van der Waals surface area contributed by atoms with E-state index in [1.165, 1.54) is 16.9 Å². The van der Waals surface area contributed by atoms with Crippen LogP contribution in [0.15, 0.2) is 54.2 Å². The fourth-order valence-corrected chi connectivity index (χ4v) is 4.26. The van der Waals surface area contributed by atoms with Gasteiger partial charge in [0.15, 0.2) is 0 Å². The molecule has 0 aliphatic carbocycles. The number of piperazine rings is 1. The molecule has 3 aromatic rings. The van der Waals surface area contributed by atoms with Crippen LogP contribution in [0, 0.1) is 6.92 Å². The predicted molar refractivity (Wildman–Crippen MR) is 121 cm³/mol. The number of thiazole rings is 1. The molecule has 0 atom stereocenters. The maximum Gasteiger partial charge on any atom is 0.246 e. The summed E-state index contributed by atoms with van der Waals surface area (Å²) in [5.74, 6) is 0.0290. The molecule has 1 saturated heterocycles. The zero-order valence-electron chi connectivity index (χ0n) is 17.5. The zero-order valence-corrected chi connectivity index (χ0v) is 18.3. The van der Waals surface area contributed by atoms with Gasteiger partial charge < -0.3 is 9.80 Å². The van der Waals surface area contributed by atoms with Gasteiger partial charge in [0.25, 0.3) is 0 Å². The van der Waals surface area contributed by atoms with E-state index in [4.69, 9.17) is 0 Å².